The number of halogens is 5. The van der Waals surface area contributed by atoms with E-state index in [2.05, 4.69) is 15.3 Å². The number of aromatic nitrogens is 2. The van der Waals surface area contributed by atoms with E-state index in [1.54, 1.807) is 11.0 Å². The lowest BCUT2D eigenvalue weighted by Gasteiger charge is -2.27. The van der Waals surface area contributed by atoms with Gasteiger partial charge in [-0.05, 0) is 24.6 Å². The maximum absolute atomic E-state index is 12.8. The fourth-order valence-corrected chi connectivity index (χ4v) is 3.49. The fraction of sp³-hybridized carbons (Fsp3) is 0.316. The maximum Gasteiger partial charge on any atom is 0.417 e. The normalized spacial score (nSPS) is 15.5. The van der Waals surface area contributed by atoms with Crippen molar-refractivity contribution in [1.29, 1.82) is 0 Å². The van der Waals surface area contributed by atoms with Crippen molar-refractivity contribution in [3.8, 4) is 0 Å². The Balaban J connectivity index is 1.66. The molecule has 1 atom stereocenters. The number of anilines is 2. The van der Waals surface area contributed by atoms with E-state index in [9.17, 15) is 23.1 Å². The van der Waals surface area contributed by atoms with Gasteiger partial charge in [0.2, 0.25) is 0 Å². The Bertz CT molecular complexity index is 1020. The number of amides is 1. The van der Waals surface area contributed by atoms with Crippen LogP contribution in [0.2, 0.25) is 10.2 Å². The Labute approximate surface area is 185 Å². The third kappa shape index (κ3) is 5.45. The van der Waals surface area contributed by atoms with Gasteiger partial charge in [0.05, 0.1) is 29.1 Å². The van der Waals surface area contributed by atoms with Crippen LogP contribution >= 0.6 is 23.2 Å². The van der Waals surface area contributed by atoms with Gasteiger partial charge in [-0.3, -0.25) is 4.79 Å². The fourth-order valence-electron chi connectivity index (χ4n) is 2.94. The number of aliphatic hydroxyl groups is 2. The number of carbonyl (C=O) groups is 1. The van der Waals surface area contributed by atoms with Crippen LogP contribution in [0.3, 0.4) is 0 Å². The van der Waals surface area contributed by atoms with Crippen molar-refractivity contribution >= 4 is 40.6 Å². The Morgan fingerprint density at radius 3 is 2.61 bits per heavy atom. The molecule has 0 radical (unpaired) electrons. The van der Waals surface area contributed by atoms with Gasteiger partial charge in [-0.1, -0.05) is 29.3 Å². The summed E-state index contributed by atoms with van der Waals surface area (Å²) >= 11 is 11.8. The van der Waals surface area contributed by atoms with Gasteiger partial charge in [-0.25, -0.2) is 9.97 Å². The van der Waals surface area contributed by atoms with Crippen LogP contribution in [-0.4, -0.2) is 45.8 Å². The molecular weight excluding hydrogens is 460 g/mol. The summed E-state index contributed by atoms with van der Waals surface area (Å²) in [7, 11) is 0. The minimum absolute atomic E-state index is 0.0469. The van der Waals surface area contributed by atoms with E-state index >= 15 is 0 Å². The van der Waals surface area contributed by atoms with Crippen LogP contribution in [0.15, 0.2) is 36.0 Å². The van der Waals surface area contributed by atoms with Gasteiger partial charge >= 0.3 is 6.18 Å². The standard InChI is InChI=1S/C19H17Cl2F3N4O3/c20-13-7-11(1-2-12(13)19(22,23)24)26-18(31)10-3-5-28(6-4-10)17-16(21)27-14(8-25-17)15(30)9-29/h1-3,7-8,15,29-30H,4-6,9H2,(H,26,31)/t15-/m1/s1. The molecule has 1 aromatic carbocycles. The molecule has 12 heteroatoms. The van der Waals surface area contributed by atoms with E-state index in [1.165, 1.54) is 6.20 Å². The number of nitrogens with zero attached hydrogens (tertiary/aromatic N) is 3. The number of carbonyl (C=O) groups excluding carboxylic acids is 1. The van der Waals surface area contributed by atoms with Crippen molar-refractivity contribution in [1.82, 2.24) is 9.97 Å². The first-order chi connectivity index (χ1) is 14.6. The molecule has 0 aliphatic carbocycles. The molecule has 3 N–H and O–H groups in total. The van der Waals surface area contributed by atoms with E-state index in [0.717, 1.165) is 18.2 Å². The lowest BCUT2D eigenvalue weighted by molar-refractivity contribution is -0.137. The van der Waals surface area contributed by atoms with Gasteiger partial charge in [0, 0.05) is 24.4 Å². The van der Waals surface area contributed by atoms with E-state index in [0.29, 0.717) is 30.9 Å². The molecule has 2 aromatic rings. The number of hydrogen-bond acceptors (Lipinski definition) is 6. The largest absolute Gasteiger partial charge is 0.417 e. The first-order valence-electron chi connectivity index (χ1n) is 9.03. The zero-order valence-electron chi connectivity index (χ0n) is 15.8. The molecule has 1 aliphatic heterocycles. The molecule has 7 nitrogen and oxygen atoms in total. The van der Waals surface area contributed by atoms with Crippen molar-refractivity contribution in [2.75, 3.05) is 29.9 Å². The predicted molar refractivity (Wildman–Crippen MR) is 109 cm³/mol. The topological polar surface area (TPSA) is 98.6 Å². The second-order valence-electron chi connectivity index (χ2n) is 6.68. The smallest absolute Gasteiger partial charge is 0.393 e. The van der Waals surface area contributed by atoms with Crippen LogP contribution in [0.5, 0.6) is 0 Å². The average molecular weight is 477 g/mol. The van der Waals surface area contributed by atoms with Crippen LogP contribution in [-0.2, 0) is 11.0 Å². The van der Waals surface area contributed by atoms with Gasteiger partial charge in [0.15, 0.2) is 11.0 Å². The summed E-state index contributed by atoms with van der Waals surface area (Å²) in [6.45, 7) is 0.176. The van der Waals surface area contributed by atoms with Crippen LogP contribution in [0.1, 0.15) is 23.8 Å². The number of hydrogen-bond donors (Lipinski definition) is 3. The summed E-state index contributed by atoms with van der Waals surface area (Å²) in [5.41, 5.74) is -0.240. The highest BCUT2D eigenvalue weighted by atomic mass is 35.5. The highest BCUT2D eigenvalue weighted by molar-refractivity contribution is 6.32. The highest BCUT2D eigenvalue weighted by Gasteiger charge is 2.33. The Hall–Kier alpha value is -2.40. The molecule has 0 saturated carbocycles. The summed E-state index contributed by atoms with van der Waals surface area (Å²) in [4.78, 5) is 22.4. The molecule has 2 heterocycles. The first-order valence-corrected chi connectivity index (χ1v) is 9.79. The zero-order chi connectivity index (χ0) is 22.8. The number of alkyl halides is 3. The molecule has 1 aromatic heterocycles. The van der Waals surface area contributed by atoms with E-state index in [4.69, 9.17) is 28.3 Å². The van der Waals surface area contributed by atoms with Crippen molar-refractivity contribution in [2.45, 2.75) is 18.7 Å². The Morgan fingerprint density at radius 1 is 1.32 bits per heavy atom. The second-order valence-corrected chi connectivity index (χ2v) is 7.44. The number of benzene rings is 1. The number of nitrogens with one attached hydrogen (secondary N) is 1. The molecule has 3 rings (SSSR count). The highest BCUT2D eigenvalue weighted by Crippen LogP contribution is 2.36. The average Bonchev–Trinajstić information content (AvgIpc) is 2.72. The summed E-state index contributed by atoms with van der Waals surface area (Å²) in [5.74, 6) is -0.0881. The number of aliphatic hydroxyl groups excluding tert-OH is 2. The van der Waals surface area contributed by atoms with E-state index < -0.39 is 35.4 Å². The lowest BCUT2D eigenvalue weighted by atomic mass is 10.1. The lowest BCUT2D eigenvalue weighted by Crippen LogP contribution is -2.32. The molecule has 0 unspecified atom stereocenters. The maximum atomic E-state index is 12.8. The SMILES string of the molecule is O=C(Nc1ccc(C(F)(F)F)c(Cl)c1)C1=CCN(c2ncc([C@H](O)CO)nc2Cl)CC1. The first kappa shape index (κ1) is 23.3. The Kier molecular flexibility index (Phi) is 7.05. The third-order valence-corrected chi connectivity index (χ3v) is 5.14. The van der Waals surface area contributed by atoms with Crippen LogP contribution in [0.25, 0.3) is 0 Å². The van der Waals surface area contributed by atoms with Gasteiger partial charge in [0.1, 0.15) is 6.10 Å². The van der Waals surface area contributed by atoms with Gasteiger partial charge in [0.25, 0.3) is 5.91 Å². The molecule has 166 valence electrons. The van der Waals surface area contributed by atoms with E-state index in [1.807, 2.05) is 0 Å². The minimum atomic E-state index is -4.58. The molecule has 0 bridgehead atoms. The Morgan fingerprint density at radius 2 is 2.06 bits per heavy atom. The zero-order valence-corrected chi connectivity index (χ0v) is 17.3. The van der Waals surface area contributed by atoms with Gasteiger partial charge < -0.3 is 20.4 Å². The molecule has 1 aliphatic rings. The number of rotatable bonds is 5. The van der Waals surface area contributed by atoms with Crippen molar-refractivity contribution in [2.24, 2.45) is 0 Å². The molecule has 31 heavy (non-hydrogen) atoms. The molecule has 0 fully saturated rings. The summed E-state index contributed by atoms with van der Waals surface area (Å²) < 4.78 is 38.4. The molecule has 0 spiro atoms. The molecular formula is C19H17Cl2F3N4O3. The van der Waals surface area contributed by atoms with Crippen molar-refractivity contribution < 1.29 is 28.2 Å². The molecule has 0 saturated heterocycles. The van der Waals surface area contributed by atoms with Crippen LogP contribution in [0.4, 0.5) is 24.7 Å². The van der Waals surface area contributed by atoms with Crippen molar-refractivity contribution in [3.05, 3.63) is 57.5 Å². The van der Waals surface area contributed by atoms with Gasteiger partial charge in [-0.15, -0.1) is 0 Å². The summed E-state index contributed by atoms with van der Waals surface area (Å²) in [6, 6.07) is 3.00. The van der Waals surface area contributed by atoms with Gasteiger partial charge in [-0.2, -0.15) is 13.2 Å². The van der Waals surface area contributed by atoms with Crippen LogP contribution in [0, 0.1) is 0 Å². The molecule has 1 amide bonds. The minimum Gasteiger partial charge on any atom is -0.393 e. The summed E-state index contributed by atoms with van der Waals surface area (Å²) in [6.07, 6.45) is -2.47. The van der Waals surface area contributed by atoms with Crippen LogP contribution < -0.4 is 10.2 Å². The summed E-state index contributed by atoms with van der Waals surface area (Å²) in [5, 5.41) is 20.7. The quantitative estimate of drug-likeness (QED) is 0.609. The predicted octanol–water partition coefficient (Wildman–Crippen LogP) is 3.60. The van der Waals surface area contributed by atoms with E-state index in [-0.39, 0.29) is 16.5 Å². The van der Waals surface area contributed by atoms with Crippen molar-refractivity contribution in [3.63, 3.8) is 0 Å². The monoisotopic (exact) mass is 476 g/mol. The second kappa shape index (κ2) is 9.39. The third-order valence-electron chi connectivity index (χ3n) is 4.58.